The third-order valence-corrected chi connectivity index (χ3v) is 12.7. The standard InChI is InChI=1S/C46H40N8O2S2/c1-47-45-43(55-45)34-13-3-5-15-40(34)57-30-19-21-33-37(26-30)51-52-42(33)39(25-29-12-8-10-24-50-29)54-38-27-31(58-41-16-6-4-14-35(41)44-46(48-2)56-44)18-20-32(38)36(53-54)22-17-28-11-7-9-23-49-28/h3-24,26-27,39,43-48H,25H2,1-2H3,(H,51,52)/b22-17-. The summed E-state index contributed by atoms with van der Waals surface area (Å²) in [4.78, 5) is 13.9. The number of hydrogen-bond acceptors (Lipinski definition) is 10. The van der Waals surface area contributed by atoms with E-state index in [0.29, 0.717) is 6.42 Å². The van der Waals surface area contributed by atoms with E-state index in [-0.39, 0.29) is 30.7 Å². The molecule has 0 radical (unpaired) electrons. The van der Waals surface area contributed by atoms with Crippen molar-refractivity contribution in [1.29, 1.82) is 0 Å². The maximum Gasteiger partial charge on any atom is 0.139 e. The SMILES string of the molecule is CNC1OC1c1ccccc1Sc1ccc2c(C(Cc3ccccn3)n3nc(/C=C\c4ccccn4)c4ccc(Sc5ccccc5C5OC5NC)cc43)[nH]nc2c1. The quantitative estimate of drug-likeness (QED) is 0.0919. The molecule has 8 aromatic rings. The molecule has 288 valence electrons. The number of epoxide rings is 2. The molecular weight excluding hydrogens is 761 g/mol. The van der Waals surface area contributed by atoms with Crippen molar-refractivity contribution in [2.24, 2.45) is 0 Å². The Kier molecular flexibility index (Phi) is 10.1. The number of aromatic amines is 1. The highest BCUT2D eigenvalue weighted by molar-refractivity contribution is 7.99. The Morgan fingerprint density at radius 1 is 0.707 bits per heavy atom. The predicted octanol–water partition coefficient (Wildman–Crippen LogP) is 9.24. The minimum Gasteiger partial charge on any atom is -0.348 e. The Morgan fingerprint density at radius 2 is 1.34 bits per heavy atom. The molecule has 5 atom stereocenters. The van der Waals surface area contributed by atoms with E-state index < -0.39 is 0 Å². The second kappa shape index (κ2) is 16.0. The van der Waals surface area contributed by atoms with Gasteiger partial charge >= 0.3 is 0 Å². The lowest BCUT2D eigenvalue weighted by Crippen LogP contribution is -2.16. The molecule has 0 aliphatic carbocycles. The van der Waals surface area contributed by atoms with E-state index in [2.05, 4.69) is 122 Å². The number of rotatable bonds is 14. The van der Waals surface area contributed by atoms with Crippen molar-refractivity contribution < 1.29 is 9.47 Å². The molecule has 4 aromatic heterocycles. The van der Waals surface area contributed by atoms with Gasteiger partial charge in [-0.15, -0.1) is 0 Å². The fourth-order valence-corrected chi connectivity index (χ4v) is 9.59. The Morgan fingerprint density at radius 3 is 1.98 bits per heavy atom. The lowest BCUT2D eigenvalue weighted by molar-refractivity contribution is 0.355. The number of nitrogens with one attached hydrogen (secondary N) is 3. The van der Waals surface area contributed by atoms with Crippen molar-refractivity contribution >= 4 is 57.5 Å². The molecule has 3 N–H and O–H groups in total. The van der Waals surface area contributed by atoms with Gasteiger partial charge in [-0.05, 0) is 110 Å². The molecule has 5 unspecified atom stereocenters. The van der Waals surface area contributed by atoms with Gasteiger partial charge in [0.1, 0.15) is 30.7 Å². The van der Waals surface area contributed by atoms with E-state index >= 15 is 0 Å². The van der Waals surface area contributed by atoms with Crippen LogP contribution in [0.3, 0.4) is 0 Å². The highest BCUT2D eigenvalue weighted by atomic mass is 32.2. The lowest BCUT2D eigenvalue weighted by atomic mass is 10.0. The van der Waals surface area contributed by atoms with E-state index in [4.69, 9.17) is 24.7 Å². The molecule has 0 spiro atoms. The second-order valence-electron chi connectivity index (χ2n) is 14.3. The third-order valence-electron chi connectivity index (χ3n) is 10.6. The summed E-state index contributed by atoms with van der Waals surface area (Å²) >= 11 is 3.47. The van der Waals surface area contributed by atoms with Crippen LogP contribution in [0.25, 0.3) is 34.0 Å². The topological polar surface area (TPSA) is 121 Å². The zero-order chi connectivity index (χ0) is 39.0. The van der Waals surface area contributed by atoms with Crippen molar-refractivity contribution in [1.82, 2.24) is 40.6 Å². The van der Waals surface area contributed by atoms with Gasteiger partial charge in [-0.25, -0.2) is 0 Å². The van der Waals surface area contributed by atoms with E-state index in [1.54, 1.807) is 29.7 Å². The first kappa shape index (κ1) is 36.7. The summed E-state index contributed by atoms with van der Waals surface area (Å²) in [7, 11) is 3.86. The zero-order valence-corrected chi connectivity index (χ0v) is 33.5. The van der Waals surface area contributed by atoms with Gasteiger partial charge in [0, 0.05) is 54.9 Å². The molecule has 6 heterocycles. The van der Waals surface area contributed by atoms with Crippen LogP contribution < -0.4 is 10.6 Å². The van der Waals surface area contributed by atoms with Crippen LogP contribution in [0.1, 0.15) is 52.2 Å². The summed E-state index contributed by atoms with van der Waals surface area (Å²) in [5.74, 6) is 0. The number of likely N-dealkylation sites (N-methyl/N-ethyl adjacent to an activating group) is 2. The Labute approximate surface area is 344 Å². The first-order valence-corrected chi connectivity index (χ1v) is 20.9. The average Bonchev–Trinajstić information content (AvgIpc) is 4.17. The molecule has 2 saturated heterocycles. The van der Waals surface area contributed by atoms with Crippen molar-refractivity contribution in [2.75, 3.05) is 14.1 Å². The number of fused-ring (bicyclic) bond motifs is 2. The van der Waals surface area contributed by atoms with Crippen LogP contribution in [0.5, 0.6) is 0 Å². The van der Waals surface area contributed by atoms with Crippen LogP contribution in [0.15, 0.2) is 153 Å². The van der Waals surface area contributed by atoms with Crippen LogP contribution in [0, 0.1) is 0 Å². The molecule has 2 aliphatic rings. The number of nitrogens with zero attached hydrogens (tertiary/aromatic N) is 5. The number of hydrogen-bond donors (Lipinski definition) is 3. The molecule has 0 saturated carbocycles. The summed E-state index contributed by atoms with van der Waals surface area (Å²) in [6, 6.07) is 41.8. The first-order chi connectivity index (χ1) is 28.6. The van der Waals surface area contributed by atoms with Crippen molar-refractivity contribution in [3.05, 3.63) is 168 Å². The number of benzene rings is 4. The zero-order valence-electron chi connectivity index (χ0n) is 31.8. The van der Waals surface area contributed by atoms with Gasteiger partial charge < -0.3 is 9.47 Å². The van der Waals surface area contributed by atoms with Gasteiger partial charge in [0.2, 0.25) is 0 Å². The molecule has 10 rings (SSSR count). The van der Waals surface area contributed by atoms with Crippen LogP contribution in [-0.2, 0) is 15.9 Å². The maximum atomic E-state index is 5.94. The summed E-state index contributed by atoms with van der Waals surface area (Å²) in [5, 5.41) is 22.3. The third kappa shape index (κ3) is 7.46. The fraction of sp³-hybridized carbons (Fsp3) is 0.174. The van der Waals surface area contributed by atoms with Gasteiger partial charge in [0.05, 0.1) is 28.1 Å². The second-order valence-corrected chi connectivity index (χ2v) is 16.5. The molecule has 4 aromatic carbocycles. The van der Waals surface area contributed by atoms with E-state index in [0.717, 1.165) is 54.4 Å². The van der Waals surface area contributed by atoms with Crippen LogP contribution in [0.2, 0.25) is 0 Å². The van der Waals surface area contributed by atoms with E-state index in [1.807, 2.05) is 56.7 Å². The largest absolute Gasteiger partial charge is 0.348 e. The Bertz CT molecular complexity index is 2760. The molecule has 10 nitrogen and oxygen atoms in total. The molecule has 12 heteroatoms. The van der Waals surface area contributed by atoms with Gasteiger partial charge in [0.25, 0.3) is 0 Å². The minimum atomic E-state index is -0.257. The molecular formula is C46H40N8O2S2. The van der Waals surface area contributed by atoms with Gasteiger partial charge in [-0.2, -0.15) is 10.2 Å². The van der Waals surface area contributed by atoms with E-state index in [9.17, 15) is 0 Å². The Hall–Kier alpha value is -5.60. The highest BCUT2D eigenvalue weighted by Gasteiger charge is 2.41. The lowest BCUT2D eigenvalue weighted by Gasteiger charge is -2.18. The number of aromatic nitrogens is 6. The maximum absolute atomic E-state index is 5.94. The van der Waals surface area contributed by atoms with E-state index in [1.165, 1.54) is 20.9 Å². The van der Waals surface area contributed by atoms with Gasteiger partial charge in [-0.3, -0.25) is 30.4 Å². The monoisotopic (exact) mass is 800 g/mol. The molecule has 0 amide bonds. The van der Waals surface area contributed by atoms with Crippen molar-refractivity contribution in [3.8, 4) is 0 Å². The van der Waals surface area contributed by atoms with Gasteiger partial charge in [-0.1, -0.05) is 72.1 Å². The summed E-state index contributed by atoms with van der Waals surface area (Å²) < 4.78 is 14.0. The summed E-state index contributed by atoms with van der Waals surface area (Å²) in [6.45, 7) is 0. The summed E-state index contributed by atoms with van der Waals surface area (Å²) in [6.07, 6.45) is 8.50. The number of pyridine rings is 2. The summed E-state index contributed by atoms with van der Waals surface area (Å²) in [5.41, 5.74) is 7.91. The number of H-pyrrole nitrogens is 1. The molecule has 58 heavy (non-hydrogen) atoms. The smallest absolute Gasteiger partial charge is 0.139 e. The number of ether oxygens (including phenoxy) is 2. The van der Waals surface area contributed by atoms with Crippen LogP contribution >= 0.6 is 23.5 Å². The van der Waals surface area contributed by atoms with Crippen molar-refractivity contribution in [3.63, 3.8) is 0 Å². The van der Waals surface area contributed by atoms with Crippen LogP contribution in [-0.4, -0.2) is 56.5 Å². The molecule has 2 fully saturated rings. The first-order valence-electron chi connectivity index (χ1n) is 19.3. The molecule has 2 aliphatic heterocycles. The van der Waals surface area contributed by atoms with Gasteiger partial charge in [0.15, 0.2) is 0 Å². The Balaban J connectivity index is 1.06. The minimum absolute atomic E-state index is 0.0321. The normalized spacial score (nSPS) is 19.3. The van der Waals surface area contributed by atoms with Crippen molar-refractivity contribution in [2.45, 2.75) is 56.7 Å². The average molecular weight is 801 g/mol. The fourth-order valence-electron chi connectivity index (χ4n) is 7.57. The highest BCUT2D eigenvalue weighted by Crippen LogP contribution is 2.45. The predicted molar refractivity (Wildman–Crippen MR) is 230 cm³/mol. The molecule has 0 bridgehead atoms. The van der Waals surface area contributed by atoms with Crippen LogP contribution in [0.4, 0.5) is 0 Å².